The van der Waals surface area contributed by atoms with E-state index in [4.69, 9.17) is 0 Å². The molecule has 2 atom stereocenters. The molecule has 0 radical (unpaired) electrons. The van der Waals surface area contributed by atoms with Gasteiger partial charge in [-0.1, -0.05) is 6.07 Å². The number of H-pyrrole nitrogens is 1. The van der Waals surface area contributed by atoms with E-state index in [1.54, 1.807) is 6.07 Å². The van der Waals surface area contributed by atoms with Crippen LogP contribution in [0.3, 0.4) is 0 Å². The van der Waals surface area contributed by atoms with Crippen molar-refractivity contribution in [2.45, 2.75) is 49.0 Å². The third-order valence-electron chi connectivity index (χ3n) is 6.77. The zero-order valence-corrected chi connectivity index (χ0v) is 19.9. The number of nitrogens with zero attached hydrogens (tertiary/aromatic N) is 3. The van der Waals surface area contributed by atoms with Crippen LogP contribution in [0.2, 0.25) is 0 Å². The number of carbonyl (C=O) groups is 2. The normalized spacial score (nSPS) is 22.0. The largest absolute Gasteiger partial charge is 0.481 e. The molecule has 2 fully saturated rings. The number of nitrogens with one attached hydrogen (secondary N) is 2. The zero-order chi connectivity index (χ0) is 28.2. The Morgan fingerprint density at radius 1 is 1.18 bits per heavy atom. The molecule has 39 heavy (non-hydrogen) atoms. The van der Waals surface area contributed by atoms with Crippen molar-refractivity contribution in [3.8, 4) is 5.75 Å². The van der Waals surface area contributed by atoms with Gasteiger partial charge in [-0.3, -0.25) is 14.7 Å². The van der Waals surface area contributed by atoms with E-state index >= 15 is 0 Å². The third-order valence-corrected chi connectivity index (χ3v) is 6.77. The van der Waals surface area contributed by atoms with Crippen LogP contribution in [0.5, 0.6) is 5.75 Å². The number of ether oxygens (including phenoxy) is 1. The number of amides is 2. The molecule has 1 saturated heterocycles. The average Bonchev–Trinajstić information content (AvgIpc) is 3.46. The number of benzene rings is 1. The van der Waals surface area contributed by atoms with Gasteiger partial charge in [-0.2, -0.15) is 18.3 Å². The molecule has 1 aliphatic heterocycles. The summed E-state index contributed by atoms with van der Waals surface area (Å²) in [6.45, 7) is -2.34. The van der Waals surface area contributed by atoms with Crippen molar-refractivity contribution >= 4 is 28.7 Å². The molecule has 0 unspecified atom stereocenters. The number of hydrogen-bond acceptors (Lipinski definition) is 5. The standard InChI is InChI=1S/C24H20F7N5O3/c25-13-6-17(20(37)34-19-4-2-15-16(33-19)7-32-35-15)36(8-13)21(38)22(9-23(27,28)10-22)12-1-3-18(14(26)5-12)39-11-24(29,30)31/h1-5,7,13,17H,6,8-11H2,(H,32,35)(H,33,34,37)/t13-,17-/m1/s1. The molecular weight excluding hydrogens is 539 g/mol. The third kappa shape index (κ3) is 5.21. The lowest BCUT2D eigenvalue weighted by atomic mass is 9.61. The molecule has 208 valence electrons. The predicted molar refractivity (Wildman–Crippen MR) is 121 cm³/mol. The van der Waals surface area contributed by atoms with Crippen LogP contribution >= 0.6 is 0 Å². The summed E-state index contributed by atoms with van der Waals surface area (Å²) in [6.07, 6.45) is -7.49. The second-order valence-corrected chi connectivity index (χ2v) is 9.64. The van der Waals surface area contributed by atoms with Crippen LogP contribution in [0.1, 0.15) is 24.8 Å². The summed E-state index contributed by atoms with van der Waals surface area (Å²) in [5, 5.41) is 8.98. The summed E-state index contributed by atoms with van der Waals surface area (Å²) in [4.78, 5) is 31.7. The Morgan fingerprint density at radius 2 is 1.92 bits per heavy atom. The molecular formula is C24H20F7N5O3. The maximum Gasteiger partial charge on any atom is 0.422 e. The lowest BCUT2D eigenvalue weighted by Crippen LogP contribution is -2.61. The summed E-state index contributed by atoms with van der Waals surface area (Å²) in [6, 6.07) is 4.14. The first-order valence-electron chi connectivity index (χ1n) is 11.7. The fourth-order valence-electron chi connectivity index (χ4n) is 5.03. The van der Waals surface area contributed by atoms with Gasteiger partial charge in [0.05, 0.1) is 23.7 Å². The topological polar surface area (TPSA) is 100 Å². The Labute approximate surface area is 215 Å². The molecule has 2 amide bonds. The quantitative estimate of drug-likeness (QED) is 0.440. The van der Waals surface area contributed by atoms with Gasteiger partial charge in [0, 0.05) is 19.3 Å². The number of carbonyl (C=O) groups excluding carboxylic acids is 2. The van der Waals surface area contributed by atoms with Gasteiger partial charge in [0.2, 0.25) is 11.8 Å². The minimum absolute atomic E-state index is 0.0880. The van der Waals surface area contributed by atoms with Gasteiger partial charge in [-0.15, -0.1) is 0 Å². The molecule has 1 aliphatic carbocycles. The van der Waals surface area contributed by atoms with Crippen LogP contribution in [0.4, 0.5) is 36.6 Å². The number of likely N-dealkylation sites (tertiary alicyclic amines) is 1. The monoisotopic (exact) mass is 559 g/mol. The maximum absolute atomic E-state index is 14.6. The number of halogens is 7. The number of aromatic nitrogens is 3. The van der Waals surface area contributed by atoms with Crippen molar-refractivity contribution in [2.24, 2.45) is 0 Å². The van der Waals surface area contributed by atoms with Gasteiger partial charge in [0.25, 0.3) is 5.92 Å². The van der Waals surface area contributed by atoms with E-state index in [1.807, 2.05) is 0 Å². The van der Waals surface area contributed by atoms with Crippen LogP contribution in [-0.2, 0) is 15.0 Å². The number of fused-ring (bicyclic) bond motifs is 1. The van der Waals surface area contributed by atoms with Crippen molar-refractivity contribution in [1.29, 1.82) is 0 Å². The number of hydrogen-bond donors (Lipinski definition) is 2. The first-order chi connectivity index (χ1) is 18.3. The first-order valence-corrected chi connectivity index (χ1v) is 11.7. The fraction of sp³-hybridized carbons (Fsp3) is 0.417. The molecule has 0 spiro atoms. The highest BCUT2D eigenvalue weighted by Gasteiger charge is 2.64. The Morgan fingerprint density at radius 3 is 2.59 bits per heavy atom. The van der Waals surface area contributed by atoms with Crippen molar-refractivity contribution < 1.29 is 45.1 Å². The zero-order valence-electron chi connectivity index (χ0n) is 19.9. The Kier molecular flexibility index (Phi) is 6.42. The molecule has 1 saturated carbocycles. The van der Waals surface area contributed by atoms with E-state index < -0.39 is 85.5 Å². The predicted octanol–water partition coefficient (Wildman–Crippen LogP) is 4.28. The summed E-state index contributed by atoms with van der Waals surface area (Å²) in [5.74, 6) is -7.12. The Bertz CT molecular complexity index is 1420. The molecule has 2 aromatic heterocycles. The van der Waals surface area contributed by atoms with Gasteiger partial charge < -0.3 is 15.0 Å². The first kappa shape index (κ1) is 26.7. The van der Waals surface area contributed by atoms with Crippen molar-refractivity contribution in [3.05, 3.63) is 47.9 Å². The van der Waals surface area contributed by atoms with E-state index in [-0.39, 0.29) is 11.4 Å². The lowest BCUT2D eigenvalue weighted by Gasteiger charge is -2.48. The average molecular weight is 559 g/mol. The molecule has 15 heteroatoms. The minimum atomic E-state index is -4.74. The fourth-order valence-corrected chi connectivity index (χ4v) is 5.03. The number of anilines is 1. The Balaban J connectivity index is 1.40. The second kappa shape index (κ2) is 9.38. The highest BCUT2D eigenvalue weighted by molar-refractivity contribution is 6.00. The number of rotatable bonds is 6. The molecule has 3 aromatic rings. The minimum Gasteiger partial charge on any atom is -0.481 e. The highest BCUT2D eigenvalue weighted by Crippen LogP contribution is 2.55. The van der Waals surface area contributed by atoms with Gasteiger partial charge in [0.1, 0.15) is 23.5 Å². The molecule has 2 N–H and O–H groups in total. The summed E-state index contributed by atoms with van der Waals surface area (Å²) >= 11 is 0. The smallest absolute Gasteiger partial charge is 0.422 e. The van der Waals surface area contributed by atoms with E-state index in [0.29, 0.717) is 17.1 Å². The van der Waals surface area contributed by atoms with E-state index in [2.05, 4.69) is 25.2 Å². The van der Waals surface area contributed by atoms with Crippen molar-refractivity contribution in [2.75, 3.05) is 18.5 Å². The summed E-state index contributed by atoms with van der Waals surface area (Å²) < 4.78 is 99.1. The molecule has 2 aliphatic rings. The maximum atomic E-state index is 14.6. The Hall–Kier alpha value is -3.91. The van der Waals surface area contributed by atoms with Crippen molar-refractivity contribution in [1.82, 2.24) is 20.1 Å². The summed E-state index contributed by atoms with van der Waals surface area (Å²) in [7, 11) is 0. The van der Waals surface area contributed by atoms with E-state index in [1.165, 1.54) is 12.3 Å². The van der Waals surface area contributed by atoms with Crippen LogP contribution in [-0.4, -0.2) is 69.4 Å². The highest BCUT2D eigenvalue weighted by atomic mass is 19.4. The van der Waals surface area contributed by atoms with E-state index in [9.17, 15) is 40.3 Å². The summed E-state index contributed by atoms with van der Waals surface area (Å²) in [5.41, 5.74) is -1.26. The van der Waals surface area contributed by atoms with Crippen LogP contribution in [0.25, 0.3) is 11.0 Å². The van der Waals surface area contributed by atoms with Gasteiger partial charge in [-0.05, 0) is 29.8 Å². The molecule has 0 bridgehead atoms. The molecule has 1 aromatic carbocycles. The van der Waals surface area contributed by atoms with Gasteiger partial charge >= 0.3 is 6.18 Å². The van der Waals surface area contributed by atoms with Crippen LogP contribution in [0, 0.1) is 5.82 Å². The van der Waals surface area contributed by atoms with Crippen LogP contribution in [0.15, 0.2) is 36.5 Å². The SMILES string of the molecule is O=C(Nc1ccc2[nH]ncc2n1)[C@H]1C[C@@H](F)CN1C(=O)C1(c2ccc(OCC(F)(F)F)c(F)c2)CC(F)(F)C1. The number of alkyl halides is 6. The number of aromatic amines is 1. The number of pyridine rings is 1. The van der Waals surface area contributed by atoms with E-state index in [0.717, 1.165) is 17.0 Å². The molecule has 5 rings (SSSR count). The van der Waals surface area contributed by atoms with Gasteiger partial charge in [0.15, 0.2) is 18.2 Å². The lowest BCUT2D eigenvalue weighted by molar-refractivity contribution is -0.169. The molecule has 3 heterocycles. The van der Waals surface area contributed by atoms with Crippen molar-refractivity contribution in [3.63, 3.8) is 0 Å². The van der Waals surface area contributed by atoms with Gasteiger partial charge in [-0.25, -0.2) is 22.5 Å². The van der Waals surface area contributed by atoms with Crippen LogP contribution < -0.4 is 10.1 Å². The molecule has 8 nitrogen and oxygen atoms in total. The second-order valence-electron chi connectivity index (χ2n) is 9.64.